The Labute approximate surface area is 124 Å². The maximum absolute atomic E-state index is 6.02. The summed E-state index contributed by atoms with van der Waals surface area (Å²) in [5, 5.41) is 5.08. The van der Waals surface area contributed by atoms with E-state index in [4.69, 9.17) is 23.2 Å². The molecule has 0 heterocycles. The largest absolute Gasteiger partial charge is 0.304 e. The fourth-order valence-corrected chi connectivity index (χ4v) is 2.52. The van der Waals surface area contributed by atoms with Crippen LogP contribution in [-0.2, 0) is 0 Å². The molecule has 0 aliphatic heterocycles. The van der Waals surface area contributed by atoms with Gasteiger partial charge in [0.25, 0.3) is 0 Å². The lowest BCUT2D eigenvalue weighted by Gasteiger charge is -2.21. The molecule has 100 valence electrons. The minimum absolute atomic E-state index is 0.229. The molecule has 0 aromatic heterocycles. The summed E-state index contributed by atoms with van der Waals surface area (Å²) < 4.78 is 0. The van der Waals surface area contributed by atoms with E-state index in [1.807, 2.05) is 36.4 Å². The van der Waals surface area contributed by atoms with E-state index < -0.39 is 0 Å². The van der Waals surface area contributed by atoms with E-state index in [2.05, 4.69) is 31.3 Å². The summed E-state index contributed by atoms with van der Waals surface area (Å²) in [6, 6.07) is 16.3. The van der Waals surface area contributed by atoms with Crippen molar-refractivity contribution < 1.29 is 0 Å². The van der Waals surface area contributed by atoms with Gasteiger partial charge in [-0.1, -0.05) is 47.5 Å². The van der Waals surface area contributed by atoms with E-state index in [1.54, 1.807) is 0 Å². The van der Waals surface area contributed by atoms with Gasteiger partial charge in [-0.25, -0.2) is 0 Å². The predicted molar refractivity (Wildman–Crippen MR) is 82.9 cm³/mol. The Hall–Kier alpha value is -1.02. The van der Waals surface area contributed by atoms with Crippen molar-refractivity contribution in [1.82, 2.24) is 5.32 Å². The molecule has 2 aromatic rings. The molecule has 0 saturated heterocycles. The van der Waals surface area contributed by atoms with Gasteiger partial charge in [0, 0.05) is 22.1 Å². The van der Waals surface area contributed by atoms with Crippen LogP contribution in [0.3, 0.4) is 0 Å². The second-order valence-electron chi connectivity index (χ2n) is 4.72. The third-order valence-electron chi connectivity index (χ3n) is 3.20. The van der Waals surface area contributed by atoms with Gasteiger partial charge < -0.3 is 5.32 Å². The van der Waals surface area contributed by atoms with Gasteiger partial charge >= 0.3 is 0 Å². The first-order chi connectivity index (χ1) is 9.06. The lowest BCUT2D eigenvalue weighted by Crippen LogP contribution is -2.22. The van der Waals surface area contributed by atoms with E-state index in [0.717, 1.165) is 10.0 Å². The molecule has 0 bridgehead atoms. The molecule has 1 nitrogen and oxygen atoms in total. The Kier molecular flexibility index (Phi) is 4.87. The quantitative estimate of drug-likeness (QED) is 0.795. The highest BCUT2D eigenvalue weighted by Crippen LogP contribution is 2.23. The molecule has 0 fully saturated rings. The lowest BCUT2D eigenvalue weighted by molar-refractivity contribution is 0.495. The van der Waals surface area contributed by atoms with Crippen LogP contribution in [0.5, 0.6) is 0 Å². The van der Waals surface area contributed by atoms with Gasteiger partial charge in [0.1, 0.15) is 0 Å². The van der Waals surface area contributed by atoms with Crippen LogP contribution in [0, 0.1) is 0 Å². The zero-order valence-corrected chi connectivity index (χ0v) is 12.5. The number of nitrogens with one attached hydrogen (secondary N) is 1. The second-order valence-corrected chi connectivity index (χ2v) is 5.59. The maximum atomic E-state index is 6.02. The third-order valence-corrected chi connectivity index (χ3v) is 3.67. The number of rotatable bonds is 4. The monoisotopic (exact) mass is 293 g/mol. The molecule has 2 rings (SSSR count). The first-order valence-corrected chi connectivity index (χ1v) is 7.09. The average Bonchev–Trinajstić information content (AvgIpc) is 2.38. The topological polar surface area (TPSA) is 12.0 Å². The van der Waals surface area contributed by atoms with Crippen LogP contribution in [-0.4, -0.2) is 0 Å². The Balaban J connectivity index is 2.08. The number of hydrogen-bond acceptors (Lipinski definition) is 1. The van der Waals surface area contributed by atoms with Crippen LogP contribution in [0.25, 0.3) is 0 Å². The van der Waals surface area contributed by atoms with Gasteiger partial charge in [-0.3, -0.25) is 0 Å². The second kappa shape index (κ2) is 6.42. The standard InChI is InChI=1S/C16H17Cl2N/c1-11(13-5-3-7-15(17)9-13)19-12(2)14-6-4-8-16(18)10-14/h3-12,19H,1-2H3. The number of hydrogen-bond donors (Lipinski definition) is 1. The summed E-state index contributed by atoms with van der Waals surface area (Å²) in [6.07, 6.45) is 0. The van der Waals surface area contributed by atoms with Gasteiger partial charge in [0.2, 0.25) is 0 Å². The van der Waals surface area contributed by atoms with Crippen molar-refractivity contribution in [2.75, 3.05) is 0 Å². The van der Waals surface area contributed by atoms with Crippen LogP contribution in [0.1, 0.15) is 37.1 Å². The molecule has 0 aliphatic rings. The molecule has 19 heavy (non-hydrogen) atoms. The van der Waals surface area contributed by atoms with E-state index in [-0.39, 0.29) is 12.1 Å². The summed E-state index contributed by atoms with van der Waals surface area (Å²) in [6.45, 7) is 4.26. The molecule has 0 aliphatic carbocycles. The molecule has 0 spiro atoms. The van der Waals surface area contributed by atoms with E-state index in [9.17, 15) is 0 Å². The maximum Gasteiger partial charge on any atom is 0.0409 e. The van der Waals surface area contributed by atoms with Crippen LogP contribution < -0.4 is 5.32 Å². The molecule has 2 unspecified atom stereocenters. The Morgan fingerprint density at radius 1 is 0.789 bits per heavy atom. The van der Waals surface area contributed by atoms with Gasteiger partial charge in [-0.15, -0.1) is 0 Å². The third kappa shape index (κ3) is 3.97. The molecular weight excluding hydrogens is 277 g/mol. The summed E-state index contributed by atoms with van der Waals surface area (Å²) in [7, 11) is 0. The van der Waals surface area contributed by atoms with Gasteiger partial charge in [0.15, 0.2) is 0 Å². The molecular formula is C16H17Cl2N. The minimum atomic E-state index is 0.229. The van der Waals surface area contributed by atoms with Gasteiger partial charge in [-0.2, -0.15) is 0 Å². The smallest absolute Gasteiger partial charge is 0.0409 e. The highest BCUT2D eigenvalue weighted by atomic mass is 35.5. The summed E-state index contributed by atoms with van der Waals surface area (Å²) >= 11 is 12.0. The van der Waals surface area contributed by atoms with Crippen molar-refractivity contribution in [2.24, 2.45) is 0 Å². The Morgan fingerprint density at radius 3 is 1.58 bits per heavy atom. The van der Waals surface area contributed by atoms with Gasteiger partial charge in [0.05, 0.1) is 0 Å². The highest BCUT2D eigenvalue weighted by molar-refractivity contribution is 6.30. The van der Waals surface area contributed by atoms with Gasteiger partial charge in [-0.05, 0) is 49.2 Å². The number of halogens is 2. The predicted octanol–water partition coefficient (Wildman–Crippen LogP) is 5.41. The first-order valence-electron chi connectivity index (χ1n) is 6.33. The van der Waals surface area contributed by atoms with Crippen molar-refractivity contribution in [2.45, 2.75) is 25.9 Å². The van der Waals surface area contributed by atoms with Crippen molar-refractivity contribution in [3.05, 3.63) is 69.7 Å². The normalized spacial score (nSPS) is 14.1. The Bertz CT molecular complexity index is 504. The van der Waals surface area contributed by atoms with Crippen LogP contribution in [0.15, 0.2) is 48.5 Å². The van der Waals surface area contributed by atoms with Crippen molar-refractivity contribution in [3.8, 4) is 0 Å². The van der Waals surface area contributed by atoms with Crippen LogP contribution in [0.4, 0.5) is 0 Å². The van der Waals surface area contributed by atoms with Crippen LogP contribution >= 0.6 is 23.2 Å². The van der Waals surface area contributed by atoms with E-state index >= 15 is 0 Å². The molecule has 3 heteroatoms. The zero-order chi connectivity index (χ0) is 13.8. The highest BCUT2D eigenvalue weighted by Gasteiger charge is 2.11. The summed E-state index contributed by atoms with van der Waals surface area (Å²) in [4.78, 5) is 0. The van der Waals surface area contributed by atoms with Crippen LogP contribution in [0.2, 0.25) is 10.0 Å². The fraction of sp³-hybridized carbons (Fsp3) is 0.250. The zero-order valence-electron chi connectivity index (χ0n) is 11.0. The van der Waals surface area contributed by atoms with Crippen molar-refractivity contribution in [3.63, 3.8) is 0 Å². The number of benzene rings is 2. The molecule has 2 atom stereocenters. The van der Waals surface area contributed by atoms with Crippen molar-refractivity contribution >= 4 is 23.2 Å². The average molecular weight is 294 g/mol. The first kappa shape index (κ1) is 14.4. The minimum Gasteiger partial charge on any atom is -0.304 e. The molecule has 1 N–H and O–H groups in total. The molecule has 0 amide bonds. The lowest BCUT2D eigenvalue weighted by atomic mass is 10.0. The molecule has 0 radical (unpaired) electrons. The van der Waals surface area contributed by atoms with Crippen molar-refractivity contribution in [1.29, 1.82) is 0 Å². The SMILES string of the molecule is CC(NC(C)c1cccc(Cl)c1)c1cccc(Cl)c1. The summed E-state index contributed by atoms with van der Waals surface area (Å²) in [5.41, 5.74) is 2.36. The Morgan fingerprint density at radius 2 is 1.21 bits per heavy atom. The van der Waals surface area contributed by atoms with E-state index in [0.29, 0.717) is 0 Å². The molecule has 0 saturated carbocycles. The van der Waals surface area contributed by atoms with E-state index in [1.165, 1.54) is 11.1 Å². The fourth-order valence-electron chi connectivity index (χ4n) is 2.12. The summed E-state index contributed by atoms with van der Waals surface area (Å²) in [5.74, 6) is 0. The molecule has 2 aromatic carbocycles.